The number of nitrogens with one attached hydrogen (secondary N) is 1. The SMILES string of the molecule is CC(Cc1ccccc1)=NNc1ccccc1C. The van der Waals surface area contributed by atoms with Crippen molar-refractivity contribution in [2.75, 3.05) is 5.43 Å². The van der Waals surface area contributed by atoms with Gasteiger partial charge in [0.05, 0.1) is 5.69 Å². The molecule has 18 heavy (non-hydrogen) atoms. The Morgan fingerprint density at radius 2 is 1.67 bits per heavy atom. The molecule has 0 heterocycles. The largest absolute Gasteiger partial charge is 0.278 e. The van der Waals surface area contributed by atoms with Gasteiger partial charge in [-0.05, 0) is 31.0 Å². The van der Waals surface area contributed by atoms with E-state index in [1.54, 1.807) is 0 Å². The lowest BCUT2D eigenvalue weighted by molar-refractivity contribution is 1.23. The highest BCUT2D eigenvalue weighted by Gasteiger charge is 1.97. The third-order valence-electron chi connectivity index (χ3n) is 2.82. The molecule has 0 saturated carbocycles. The molecular formula is C16H18N2. The van der Waals surface area contributed by atoms with E-state index in [9.17, 15) is 0 Å². The van der Waals surface area contributed by atoms with Crippen molar-refractivity contribution in [2.24, 2.45) is 5.10 Å². The summed E-state index contributed by atoms with van der Waals surface area (Å²) >= 11 is 0. The van der Waals surface area contributed by atoms with E-state index in [-0.39, 0.29) is 0 Å². The van der Waals surface area contributed by atoms with Gasteiger partial charge in [-0.15, -0.1) is 0 Å². The maximum absolute atomic E-state index is 4.42. The minimum atomic E-state index is 0.875. The predicted molar refractivity (Wildman–Crippen MR) is 78.1 cm³/mol. The van der Waals surface area contributed by atoms with Crippen molar-refractivity contribution >= 4 is 11.4 Å². The monoisotopic (exact) mass is 238 g/mol. The molecule has 2 aromatic rings. The van der Waals surface area contributed by atoms with Gasteiger partial charge in [0.15, 0.2) is 0 Å². The Kier molecular flexibility index (Phi) is 4.13. The Morgan fingerprint density at radius 1 is 1.00 bits per heavy atom. The summed E-state index contributed by atoms with van der Waals surface area (Å²) in [6, 6.07) is 18.5. The Hall–Kier alpha value is -2.09. The first kappa shape index (κ1) is 12.4. The molecule has 1 N–H and O–H groups in total. The van der Waals surface area contributed by atoms with Crippen LogP contribution in [0.1, 0.15) is 18.1 Å². The fourth-order valence-electron chi connectivity index (χ4n) is 1.78. The summed E-state index contributed by atoms with van der Waals surface area (Å²) < 4.78 is 0. The zero-order valence-corrected chi connectivity index (χ0v) is 10.9. The molecule has 0 saturated heterocycles. The van der Waals surface area contributed by atoms with Crippen LogP contribution in [0.3, 0.4) is 0 Å². The number of para-hydroxylation sites is 1. The third kappa shape index (κ3) is 3.45. The van der Waals surface area contributed by atoms with Crippen molar-refractivity contribution in [2.45, 2.75) is 20.3 Å². The Balaban J connectivity index is 2.00. The summed E-state index contributed by atoms with van der Waals surface area (Å²) in [4.78, 5) is 0. The molecule has 0 unspecified atom stereocenters. The number of rotatable bonds is 4. The number of hydrogen-bond acceptors (Lipinski definition) is 2. The van der Waals surface area contributed by atoms with Gasteiger partial charge in [0, 0.05) is 12.1 Å². The summed E-state index contributed by atoms with van der Waals surface area (Å²) in [6.45, 7) is 4.11. The van der Waals surface area contributed by atoms with Crippen molar-refractivity contribution in [3.8, 4) is 0 Å². The lowest BCUT2D eigenvalue weighted by Crippen LogP contribution is -2.02. The lowest BCUT2D eigenvalue weighted by atomic mass is 10.1. The summed E-state index contributed by atoms with van der Waals surface area (Å²) in [5.41, 5.74) is 7.74. The highest BCUT2D eigenvalue weighted by molar-refractivity contribution is 5.84. The number of hydrazone groups is 1. The van der Waals surface area contributed by atoms with E-state index in [0.717, 1.165) is 17.8 Å². The fraction of sp³-hybridized carbons (Fsp3) is 0.188. The van der Waals surface area contributed by atoms with Crippen molar-refractivity contribution < 1.29 is 0 Å². The molecule has 0 amide bonds. The van der Waals surface area contributed by atoms with Crippen molar-refractivity contribution in [1.29, 1.82) is 0 Å². The molecule has 2 heteroatoms. The zero-order chi connectivity index (χ0) is 12.8. The van der Waals surface area contributed by atoms with Crippen LogP contribution in [0, 0.1) is 6.92 Å². The number of nitrogens with zero attached hydrogens (tertiary/aromatic N) is 1. The van der Waals surface area contributed by atoms with Crippen LogP contribution in [0.4, 0.5) is 5.69 Å². The molecule has 0 spiro atoms. The quantitative estimate of drug-likeness (QED) is 0.631. The van der Waals surface area contributed by atoms with Crippen LogP contribution >= 0.6 is 0 Å². The number of anilines is 1. The van der Waals surface area contributed by atoms with Crippen LogP contribution < -0.4 is 5.43 Å². The molecule has 0 atom stereocenters. The van der Waals surface area contributed by atoms with Gasteiger partial charge in [-0.1, -0.05) is 48.5 Å². The van der Waals surface area contributed by atoms with Gasteiger partial charge in [-0.3, -0.25) is 5.43 Å². The number of benzene rings is 2. The maximum atomic E-state index is 4.42. The van der Waals surface area contributed by atoms with E-state index in [2.05, 4.69) is 47.8 Å². The van der Waals surface area contributed by atoms with Crippen LogP contribution in [-0.2, 0) is 6.42 Å². The van der Waals surface area contributed by atoms with E-state index in [1.807, 2.05) is 31.2 Å². The van der Waals surface area contributed by atoms with E-state index in [0.29, 0.717) is 0 Å². The van der Waals surface area contributed by atoms with Gasteiger partial charge in [-0.2, -0.15) is 5.10 Å². The van der Waals surface area contributed by atoms with Gasteiger partial charge in [0.2, 0.25) is 0 Å². The molecule has 0 aliphatic carbocycles. The highest BCUT2D eigenvalue weighted by atomic mass is 15.3. The van der Waals surface area contributed by atoms with Crippen LogP contribution in [0.5, 0.6) is 0 Å². The second-order valence-electron chi connectivity index (χ2n) is 4.44. The second-order valence-corrected chi connectivity index (χ2v) is 4.44. The topological polar surface area (TPSA) is 24.4 Å². The van der Waals surface area contributed by atoms with Gasteiger partial charge < -0.3 is 0 Å². The second kappa shape index (κ2) is 6.01. The predicted octanol–water partition coefficient (Wildman–Crippen LogP) is 4.03. The molecule has 0 aromatic heterocycles. The van der Waals surface area contributed by atoms with E-state index in [1.165, 1.54) is 11.1 Å². The Morgan fingerprint density at radius 3 is 2.39 bits per heavy atom. The average molecular weight is 238 g/mol. The summed E-state index contributed by atoms with van der Waals surface area (Å²) in [5, 5.41) is 4.42. The van der Waals surface area contributed by atoms with Gasteiger partial charge >= 0.3 is 0 Å². The molecule has 0 aliphatic rings. The normalized spacial score (nSPS) is 11.3. The zero-order valence-electron chi connectivity index (χ0n) is 10.9. The van der Waals surface area contributed by atoms with E-state index >= 15 is 0 Å². The summed E-state index contributed by atoms with van der Waals surface area (Å²) in [6.07, 6.45) is 0.875. The first-order chi connectivity index (χ1) is 8.75. The van der Waals surface area contributed by atoms with Gasteiger partial charge in [-0.25, -0.2) is 0 Å². The maximum Gasteiger partial charge on any atom is 0.0590 e. The van der Waals surface area contributed by atoms with E-state index < -0.39 is 0 Å². The third-order valence-corrected chi connectivity index (χ3v) is 2.82. The molecular weight excluding hydrogens is 220 g/mol. The van der Waals surface area contributed by atoms with Crippen LogP contribution in [0.15, 0.2) is 59.7 Å². The first-order valence-corrected chi connectivity index (χ1v) is 6.14. The molecule has 92 valence electrons. The smallest absolute Gasteiger partial charge is 0.0590 e. The molecule has 0 fully saturated rings. The molecule has 0 bridgehead atoms. The minimum Gasteiger partial charge on any atom is -0.278 e. The van der Waals surface area contributed by atoms with Gasteiger partial charge in [0.1, 0.15) is 0 Å². The van der Waals surface area contributed by atoms with Crippen LogP contribution in [0.2, 0.25) is 0 Å². The van der Waals surface area contributed by atoms with Crippen LogP contribution in [-0.4, -0.2) is 5.71 Å². The molecule has 0 radical (unpaired) electrons. The Labute approximate surface area is 108 Å². The van der Waals surface area contributed by atoms with E-state index in [4.69, 9.17) is 0 Å². The summed E-state index contributed by atoms with van der Waals surface area (Å²) in [5.74, 6) is 0. The number of hydrogen-bond donors (Lipinski definition) is 1. The minimum absolute atomic E-state index is 0.875. The lowest BCUT2D eigenvalue weighted by Gasteiger charge is -2.06. The number of aryl methyl sites for hydroxylation is 1. The van der Waals surface area contributed by atoms with Crippen LogP contribution in [0.25, 0.3) is 0 Å². The van der Waals surface area contributed by atoms with Crippen molar-refractivity contribution in [3.63, 3.8) is 0 Å². The standard InChI is InChI=1S/C16H18N2/c1-13-8-6-7-11-16(13)18-17-14(2)12-15-9-4-3-5-10-15/h3-11,18H,12H2,1-2H3. The molecule has 2 nitrogen and oxygen atoms in total. The first-order valence-electron chi connectivity index (χ1n) is 6.14. The summed E-state index contributed by atoms with van der Waals surface area (Å²) in [7, 11) is 0. The molecule has 0 aliphatic heterocycles. The average Bonchev–Trinajstić information content (AvgIpc) is 2.39. The fourth-order valence-corrected chi connectivity index (χ4v) is 1.78. The molecule has 2 aromatic carbocycles. The van der Waals surface area contributed by atoms with Crippen molar-refractivity contribution in [3.05, 3.63) is 65.7 Å². The molecule has 2 rings (SSSR count). The van der Waals surface area contributed by atoms with Gasteiger partial charge in [0.25, 0.3) is 0 Å². The Bertz CT molecular complexity index is 530. The highest BCUT2D eigenvalue weighted by Crippen LogP contribution is 2.13. The van der Waals surface area contributed by atoms with Crippen molar-refractivity contribution in [1.82, 2.24) is 0 Å².